The number of aliphatic imine (C=N–C) groups is 1. The second kappa shape index (κ2) is 21.3. The molecule has 0 spiro atoms. The third kappa shape index (κ3) is 11.0. The zero-order valence-corrected chi connectivity index (χ0v) is 40.0. The second-order valence-electron chi connectivity index (χ2n) is 18.7. The molecule has 1 aromatic carbocycles. The first-order valence-corrected chi connectivity index (χ1v) is 23.6. The molecule has 5 heterocycles. The molecule has 0 radical (unpaired) electrons. The summed E-state index contributed by atoms with van der Waals surface area (Å²) in [5.41, 5.74) is -1.14. The van der Waals surface area contributed by atoms with E-state index in [0.717, 1.165) is 21.2 Å². The lowest BCUT2D eigenvalue weighted by Gasteiger charge is -2.47. The summed E-state index contributed by atoms with van der Waals surface area (Å²) < 4.78 is 31.4. The standard InChI is InChI=1S/C49H68N4O10S/c1-11-39-49(8)43-32(4)40(50-23-24-53(43)47(57)63-49)30(2)28-48(7,22-15-19-36-20-21-37(64-36)29-51-59-26-16-25-58-35-17-13-12-14-18-35)44(33(5)41(54)34(6)45(56)61-39)62-46-42(55)38(52(9)10)27-31(3)60-46/h12-14,17-18,20-21,29-34,38-39,42-44,46,55H,11,16,22-28H2,1-10H3/b51-29-/t30-,31-,32+,33+,34-,38+,39-,42-,43-,44-,46?,48+,49-/m1/s1. The Labute approximate surface area is 383 Å². The number of cyclic esters (lactones) is 1. The SMILES string of the molecule is CC[C@H]1OC(=O)[C@H](C)C(=O)[C@H](C)[C@@H](OC2O[C@H](C)C[C@H](N(C)C)[C@H]2O)[C@@](C)(CC#Cc2ccc(/C=N\OCCCOc3ccccc3)s2)C[C@@H](C)C2=NCCN3C(=O)O[C@@]1(C)[C@H]3[C@H]2C. The molecule has 2 bridgehead atoms. The lowest BCUT2D eigenvalue weighted by molar-refractivity contribution is -0.286. The first kappa shape index (κ1) is 49.1. The van der Waals surface area contributed by atoms with E-state index >= 15 is 0 Å². The van der Waals surface area contributed by atoms with E-state index in [1.54, 1.807) is 25.0 Å². The van der Waals surface area contributed by atoms with Crippen LogP contribution in [0.15, 0.2) is 52.6 Å². The number of aliphatic hydroxyl groups is 1. The van der Waals surface area contributed by atoms with Crippen LogP contribution in [0.4, 0.5) is 4.79 Å². The maximum absolute atomic E-state index is 14.7. The van der Waals surface area contributed by atoms with Gasteiger partial charge < -0.3 is 38.5 Å². The summed E-state index contributed by atoms with van der Waals surface area (Å²) in [5, 5.41) is 15.9. The third-order valence-electron chi connectivity index (χ3n) is 13.5. The van der Waals surface area contributed by atoms with E-state index in [9.17, 15) is 19.5 Å². The quantitative estimate of drug-likeness (QED) is 0.0584. The fraction of sp³-hybridized carbons (Fsp3) is 0.653. The minimum Gasteiger partial charge on any atom is -0.493 e. The molecule has 1 unspecified atom stereocenters. The molecule has 1 amide bonds. The van der Waals surface area contributed by atoms with Gasteiger partial charge in [-0.3, -0.25) is 19.5 Å². The van der Waals surface area contributed by atoms with Gasteiger partial charge in [0.1, 0.15) is 30.5 Å². The lowest BCUT2D eigenvalue weighted by Crippen LogP contribution is -2.58. The van der Waals surface area contributed by atoms with Crippen LogP contribution in [0.25, 0.3) is 0 Å². The number of aliphatic hydroxyl groups excluding tert-OH is 1. The number of carbonyl (C=O) groups is 3. The normalized spacial score (nSPS) is 34.9. The topological polar surface area (TPSA) is 158 Å². The van der Waals surface area contributed by atoms with Crippen molar-refractivity contribution in [2.24, 2.45) is 39.2 Å². The van der Waals surface area contributed by atoms with Gasteiger partial charge in [-0.1, -0.05) is 69.8 Å². The molecule has 3 fully saturated rings. The van der Waals surface area contributed by atoms with E-state index in [2.05, 4.69) is 37.8 Å². The van der Waals surface area contributed by atoms with Gasteiger partial charge in [0.25, 0.3) is 0 Å². The van der Waals surface area contributed by atoms with Crippen LogP contribution in [0.2, 0.25) is 0 Å². The molecular formula is C49H68N4O10S. The van der Waals surface area contributed by atoms with Crippen molar-refractivity contribution in [3.63, 3.8) is 0 Å². The van der Waals surface area contributed by atoms with E-state index in [-0.39, 0.29) is 36.2 Å². The summed E-state index contributed by atoms with van der Waals surface area (Å²) in [5.74, 6) is 4.08. The Morgan fingerprint density at radius 2 is 1.80 bits per heavy atom. The monoisotopic (exact) mass is 904 g/mol. The molecule has 1 N–H and O–H groups in total. The van der Waals surface area contributed by atoms with Gasteiger partial charge in [-0.25, -0.2) is 4.79 Å². The van der Waals surface area contributed by atoms with Gasteiger partial charge >= 0.3 is 12.1 Å². The maximum Gasteiger partial charge on any atom is 0.410 e. The van der Waals surface area contributed by atoms with Crippen molar-refractivity contribution in [1.82, 2.24) is 9.80 Å². The summed E-state index contributed by atoms with van der Waals surface area (Å²) in [4.78, 5) is 58.3. The Kier molecular flexibility index (Phi) is 16.4. The van der Waals surface area contributed by atoms with E-state index in [0.29, 0.717) is 52.0 Å². The van der Waals surface area contributed by atoms with Gasteiger partial charge in [-0.05, 0) is 84.3 Å². The number of likely N-dealkylation sites (N-methyl/N-ethyl adjacent to an activating group) is 1. The number of Topliss-reactive ketones (excluding diaryl/α,β-unsaturated/α-hetero) is 1. The Bertz CT molecular complexity index is 2050. The van der Waals surface area contributed by atoms with Crippen molar-refractivity contribution in [3.05, 3.63) is 52.2 Å². The molecule has 1 aromatic heterocycles. The van der Waals surface area contributed by atoms with Gasteiger partial charge in [-0.15, -0.1) is 11.3 Å². The Balaban J connectivity index is 1.31. The number of carbonyl (C=O) groups excluding carboxylic acids is 3. The number of benzene rings is 1. The number of hydrogen-bond acceptors (Lipinski definition) is 14. The maximum atomic E-state index is 14.7. The summed E-state index contributed by atoms with van der Waals surface area (Å²) in [6, 6.07) is 12.8. The fourth-order valence-electron chi connectivity index (χ4n) is 10.3. The zero-order valence-electron chi connectivity index (χ0n) is 39.2. The number of amides is 1. The van der Waals surface area contributed by atoms with E-state index < -0.39 is 65.6 Å². The van der Waals surface area contributed by atoms with E-state index in [1.807, 2.05) is 82.2 Å². The van der Waals surface area contributed by atoms with Gasteiger partial charge in [0, 0.05) is 53.3 Å². The molecule has 6 rings (SSSR count). The van der Waals surface area contributed by atoms with Crippen molar-refractivity contribution < 1.29 is 48.0 Å². The highest BCUT2D eigenvalue weighted by atomic mass is 32.1. The fourth-order valence-corrected chi connectivity index (χ4v) is 11.0. The lowest BCUT2D eigenvalue weighted by atomic mass is 9.66. The van der Waals surface area contributed by atoms with E-state index in [1.165, 1.54) is 11.3 Å². The third-order valence-corrected chi connectivity index (χ3v) is 14.4. The van der Waals surface area contributed by atoms with E-state index in [4.69, 9.17) is 33.5 Å². The Morgan fingerprint density at radius 3 is 2.52 bits per heavy atom. The number of ketones is 1. The molecule has 0 aliphatic carbocycles. The van der Waals surface area contributed by atoms with Crippen LogP contribution in [0.3, 0.4) is 0 Å². The molecule has 4 aliphatic heterocycles. The average Bonchev–Trinajstić information content (AvgIpc) is 3.76. The van der Waals surface area contributed by atoms with Crippen LogP contribution in [0.1, 0.15) is 97.2 Å². The first-order valence-electron chi connectivity index (χ1n) is 22.8. The predicted octanol–water partition coefficient (Wildman–Crippen LogP) is 7.00. The molecule has 2 aromatic rings. The van der Waals surface area contributed by atoms with Crippen molar-refractivity contribution in [3.8, 4) is 17.6 Å². The highest BCUT2D eigenvalue weighted by Gasteiger charge is 2.60. The van der Waals surface area contributed by atoms with Crippen molar-refractivity contribution in [2.45, 2.75) is 136 Å². The number of thiophene rings is 1. The summed E-state index contributed by atoms with van der Waals surface area (Å²) >= 11 is 1.48. The summed E-state index contributed by atoms with van der Waals surface area (Å²) in [6.45, 7) is 16.9. The number of nitrogens with zero attached hydrogens (tertiary/aromatic N) is 4. The number of hydrogen-bond donors (Lipinski definition) is 1. The predicted molar refractivity (Wildman–Crippen MR) is 245 cm³/mol. The Morgan fingerprint density at radius 1 is 1.05 bits per heavy atom. The van der Waals surface area contributed by atoms with Crippen LogP contribution >= 0.6 is 11.3 Å². The molecule has 15 heteroatoms. The van der Waals surface area contributed by atoms with Gasteiger partial charge in [-0.2, -0.15) is 0 Å². The van der Waals surface area contributed by atoms with Gasteiger partial charge in [0.05, 0.1) is 42.5 Å². The molecule has 64 heavy (non-hydrogen) atoms. The molecule has 0 saturated carbocycles. The van der Waals surface area contributed by atoms with Crippen molar-refractivity contribution >= 4 is 41.1 Å². The second-order valence-corrected chi connectivity index (χ2v) is 19.8. The van der Waals surface area contributed by atoms with Crippen LogP contribution in [0, 0.1) is 40.9 Å². The van der Waals surface area contributed by atoms with Crippen LogP contribution in [-0.2, 0) is 33.4 Å². The van der Waals surface area contributed by atoms with Crippen molar-refractivity contribution in [2.75, 3.05) is 40.4 Å². The van der Waals surface area contributed by atoms with Gasteiger partial charge in [0.2, 0.25) is 0 Å². The molecular weight excluding hydrogens is 837 g/mol. The first-order chi connectivity index (χ1) is 30.5. The van der Waals surface area contributed by atoms with Crippen LogP contribution < -0.4 is 4.74 Å². The average molecular weight is 905 g/mol. The molecule has 350 valence electrons. The van der Waals surface area contributed by atoms with Crippen molar-refractivity contribution in [1.29, 1.82) is 0 Å². The van der Waals surface area contributed by atoms with Crippen LogP contribution in [0.5, 0.6) is 5.75 Å². The molecule has 3 saturated heterocycles. The van der Waals surface area contributed by atoms with Gasteiger partial charge in [0.15, 0.2) is 17.7 Å². The minimum absolute atomic E-state index is 0.168. The number of para-hydroxylation sites is 1. The number of ether oxygens (including phenoxy) is 5. The number of esters is 1. The minimum atomic E-state index is -1.19. The Hall–Kier alpha value is -4.33. The summed E-state index contributed by atoms with van der Waals surface area (Å²) in [7, 11) is 3.83. The van der Waals surface area contributed by atoms with Crippen LogP contribution in [-0.4, -0.2) is 133 Å². The highest BCUT2D eigenvalue weighted by molar-refractivity contribution is 7.14. The number of oxime groups is 1. The number of fused-ring (bicyclic) bond motifs is 1. The molecule has 4 aliphatic rings. The zero-order chi connectivity index (χ0) is 46.3. The largest absolute Gasteiger partial charge is 0.493 e. The molecule has 13 atom stereocenters. The smallest absolute Gasteiger partial charge is 0.410 e. The number of rotatable bonds is 12. The summed E-state index contributed by atoms with van der Waals surface area (Å²) in [6.07, 6.45) is -0.381. The highest BCUT2D eigenvalue weighted by Crippen LogP contribution is 2.46. The molecule has 14 nitrogen and oxygen atoms in total.